The molecule has 0 atom stereocenters. The van der Waals surface area contributed by atoms with E-state index in [0.29, 0.717) is 23.8 Å². The maximum absolute atomic E-state index is 4.51. The fourth-order valence-electron chi connectivity index (χ4n) is 1.89. The second-order valence-corrected chi connectivity index (χ2v) is 4.89. The second-order valence-electron chi connectivity index (χ2n) is 4.89. The Kier molecular flexibility index (Phi) is 4.49. The van der Waals surface area contributed by atoms with Gasteiger partial charge in [0.15, 0.2) is 0 Å². The van der Waals surface area contributed by atoms with E-state index in [9.17, 15) is 0 Å². The van der Waals surface area contributed by atoms with Crippen LogP contribution in [0.1, 0.15) is 20.8 Å². The Morgan fingerprint density at radius 3 is 2.65 bits per heavy atom. The lowest BCUT2D eigenvalue weighted by Gasteiger charge is -2.23. The third kappa shape index (κ3) is 3.23. The van der Waals surface area contributed by atoms with Crippen LogP contribution in [-0.2, 0) is 0 Å². The summed E-state index contributed by atoms with van der Waals surface area (Å²) in [5.41, 5.74) is 0. The van der Waals surface area contributed by atoms with Crippen molar-refractivity contribution in [3.63, 3.8) is 0 Å². The summed E-state index contributed by atoms with van der Waals surface area (Å²) in [6.07, 6.45) is 3.52. The Morgan fingerprint density at radius 2 is 2.10 bits per heavy atom. The summed E-state index contributed by atoms with van der Waals surface area (Å²) >= 11 is 0. The highest BCUT2D eigenvalue weighted by Crippen LogP contribution is 2.14. The standard InChI is InChI=1S/C13H21N7/c1-5-19(9-10(2)3)12-16-11(14-4)17-13(18-12)20-8-6-7-15-20/h6-8,10H,5,9H2,1-4H3,(H,14,16,17,18). The van der Waals surface area contributed by atoms with Crippen molar-refractivity contribution in [1.29, 1.82) is 0 Å². The molecule has 0 saturated heterocycles. The smallest absolute Gasteiger partial charge is 0.257 e. The zero-order valence-corrected chi connectivity index (χ0v) is 12.4. The number of hydrogen-bond donors (Lipinski definition) is 1. The predicted octanol–water partition coefficient (Wildman–Crippen LogP) is 1.58. The van der Waals surface area contributed by atoms with Crippen molar-refractivity contribution in [3.05, 3.63) is 18.5 Å². The van der Waals surface area contributed by atoms with Crippen molar-refractivity contribution >= 4 is 11.9 Å². The van der Waals surface area contributed by atoms with Gasteiger partial charge in [0.05, 0.1) is 0 Å². The monoisotopic (exact) mass is 275 g/mol. The van der Waals surface area contributed by atoms with Gasteiger partial charge in [0.2, 0.25) is 11.9 Å². The quantitative estimate of drug-likeness (QED) is 0.863. The molecule has 2 aromatic heterocycles. The molecule has 0 amide bonds. The van der Waals surface area contributed by atoms with Crippen molar-refractivity contribution in [2.24, 2.45) is 5.92 Å². The Labute approximate surface area is 119 Å². The molecule has 0 aliphatic rings. The first-order chi connectivity index (χ1) is 9.63. The molecule has 0 fully saturated rings. The molecule has 2 heterocycles. The molecule has 0 aliphatic heterocycles. The van der Waals surface area contributed by atoms with E-state index in [1.807, 2.05) is 12.3 Å². The molecule has 0 unspecified atom stereocenters. The first kappa shape index (κ1) is 14.2. The highest BCUT2D eigenvalue weighted by Gasteiger charge is 2.14. The average molecular weight is 275 g/mol. The van der Waals surface area contributed by atoms with Crippen LogP contribution in [0.15, 0.2) is 18.5 Å². The van der Waals surface area contributed by atoms with Crippen LogP contribution in [-0.4, -0.2) is 44.9 Å². The van der Waals surface area contributed by atoms with E-state index in [2.05, 4.69) is 51.0 Å². The molecule has 0 saturated carbocycles. The van der Waals surface area contributed by atoms with E-state index in [1.165, 1.54) is 0 Å². The SMILES string of the molecule is CCN(CC(C)C)c1nc(NC)nc(-n2cccn2)n1. The molecule has 0 bridgehead atoms. The van der Waals surface area contributed by atoms with Gasteiger partial charge in [-0.05, 0) is 18.9 Å². The zero-order valence-electron chi connectivity index (χ0n) is 12.4. The van der Waals surface area contributed by atoms with Crippen molar-refractivity contribution in [2.75, 3.05) is 30.4 Å². The lowest BCUT2D eigenvalue weighted by Crippen LogP contribution is -2.29. The number of nitrogens with one attached hydrogen (secondary N) is 1. The van der Waals surface area contributed by atoms with Gasteiger partial charge >= 0.3 is 0 Å². The van der Waals surface area contributed by atoms with E-state index >= 15 is 0 Å². The van der Waals surface area contributed by atoms with E-state index in [1.54, 1.807) is 17.9 Å². The second kappa shape index (κ2) is 6.31. The molecule has 2 rings (SSSR count). The zero-order chi connectivity index (χ0) is 14.5. The van der Waals surface area contributed by atoms with Crippen LogP contribution in [0, 0.1) is 5.92 Å². The molecule has 0 aliphatic carbocycles. The number of anilines is 2. The fourth-order valence-corrected chi connectivity index (χ4v) is 1.89. The molecule has 1 N–H and O–H groups in total. The van der Waals surface area contributed by atoms with Crippen LogP contribution in [0.25, 0.3) is 5.95 Å². The first-order valence-electron chi connectivity index (χ1n) is 6.82. The minimum absolute atomic E-state index is 0.520. The predicted molar refractivity (Wildman–Crippen MR) is 79.2 cm³/mol. The average Bonchev–Trinajstić information content (AvgIpc) is 2.98. The molecule has 108 valence electrons. The largest absolute Gasteiger partial charge is 0.357 e. The van der Waals surface area contributed by atoms with Crippen molar-refractivity contribution in [3.8, 4) is 5.95 Å². The van der Waals surface area contributed by atoms with Gasteiger partial charge in [-0.15, -0.1) is 0 Å². The van der Waals surface area contributed by atoms with Gasteiger partial charge in [0, 0.05) is 32.5 Å². The summed E-state index contributed by atoms with van der Waals surface area (Å²) in [7, 11) is 1.80. The van der Waals surface area contributed by atoms with Gasteiger partial charge < -0.3 is 10.2 Å². The maximum atomic E-state index is 4.51. The molecule has 0 spiro atoms. The number of rotatable bonds is 6. The van der Waals surface area contributed by atoms with E-state index in [4.69, 9.17) is 0 Å². The molecule has 7 nitrogen and oxygen atoms in total. The third-order valence-electron chi connectivity index (χ3n) is 2.79. The van der Waals surface area contributed by atoms with Gasteiger partial charge in [-0.25, -0.2) is 4.68 Å². The highest BCUT2D eigenvalue weighted by molar-refractivity contribution is 5.39. The highest BCUT2D eigenvalue weighted by atomic mass is 15.4. The van der Waals surface area contributed by atoms with Crippen LogP contribution in [0.5, 0.6) is 0 Å². The lowest BCUT2D eigenvalue weighted by molar-refractivity contribution is 0.606. The molecule has 2 aromatic rings. The summed E-state index contributed by atoms with van der Waals surface area (Å²) in [4.78, 5) is 15.4. The normalized spacial score (nSPS) is 10.8. The number of aromatic nitrogens is 5. The molecule has 7 heteroatoms. The van der Waals surface area contributed by atoms with E-state index in [0.717, 1.165) is 13.1 Å². The summed E-state index contributed by atoms with van der Waals surface area (Å²) < 4.78 is 1.63. The van der Waals surface area contributed by atoms with E-state index in [-0.39, 0.29) is 0 Å². The van der Waals surface area contributed by atoms with E-state index < -0.39 is 0 Å². The lowest BCUT2D eigenvalue weighted by atomic mass is 10.2. The summed E-state index contributed by atoms with van der Waals surface area (Å²) in [6, 6.07) is 1.84. The maximum Gasteiger partial charge on any atom is 0.257 e. The number of hydrogen-bond acceptors (Lipinski definition) is 6. The van der Waals surface area contributed by atoms with Crippen LogP contribution in [0.3, 0.4) is 0 Å². The summed E-state index contributed by atoms with van der Waals surface area (Å²) in [5, 5.41) is 7.14. The Balaban J connectivity index is 2.39. The minimum atomic E-state index is 0.520. The van der Waals surface area contributed by atoms with Crippen LogP contribution in [0.4, 0.5) is 11.9 Å². The Bertz CT molecular complexity index is 536. The Hall–Kier alpha value is -2.18. The molecule has 20 heavy (non-hydrogen) atoms. The molecular formula is C13H21N7. The van der Waals surface area contributed by atoms with Crippen molar-refractivity contribution in [2.45, 2.75) is 20.8 Å². The number of nitrogens with zero attached hydrogens (tertiary/aromatic N) is 6. The first-order valence-corrected chi connectivity index (χ1v) is 6.82. The summed E-state index contributed by atoms with van der Waals surface area (Å²) in [6.45, 7) is 8.21. The van der Waals surface area contributed by atoms with Gasteiger partial charge in [0.25, 0.3) is 5.95 Å². The Morgan fingerprint density at radius 1 is 1.30 bits per heavy atom. The molecular weight excluding hydrogens is 254 g/mol. The van der Waals surface area contributed by atoms with Gasteiger partial charge in [-0.2, -0.15) is 20.1 Å². The summed E-state index contributed by atoms with van der Waals surface area (Å²) in [5.74, 6) is 2.28. The van der Waals surface area contributed by atoms with Crippen LogP contribution >= 0.6 is 0 Å². The minimum Gasteiger partial charge on any atom is -0.357 e. The topological polar surface area (TPSA) is 71.8 Å². The fraction of sp³-hybridized carbons (Fsp3) is 0.538. The molecule has 0 radical (unpaired) electrons. The van der Waals surface area contributed by atoms with Gasteiger partial charge in [-0.3, -0.25) is 0 Å². The van der Waals surface area contributed by atoms with Crippen LogP contribution in [0.2, 0.25) is 0 Å². The van der Waals surface area contributed by atoms with Crippen molar-refractivity contribution < 1.29 is 0 Å². The van der Waals surface area contributed by atoms with Crippen molar-refractivity contribution in [1.82, 2.24) is 24.7 Å². The molecule has 0 aromatic carbocycles. The third-order valence-corrected chi connectivity index (χ3v) is 2.79. The van der Waals surface area contributed by atoms with Gasteiger partial charge in [-0.1, -0.05) is 13.8 Å². The van der Waals surface area contributed by atoms with Crippen LogP contribution < -0.4 is 10.2 Å². The van der Waals surface area contributed by atoms with Gasteiger partial charge in [0.1, 0.15) is 0 Å².